The van der Waals surface area contributed by atoms with Crippen molar-refractivity contribution in [2.24, 2.45) is 17.8 Å². The first-order chi connectivity index (χ1) is 14.6. The maximum absolute atomic E-state index is 12.7. The standard InChI is InChI=1S/C25H29BrN2O2/c1-17-2-6-22-20(12-17)5-7-23(25(22)26)30-16-24(29)28-10-8-27(9-11-28)15-21-14-18-3-4-19(21)13-18/h2-7,12,18-19,21H,8-11,13-16H2,1H3. The van der Waals surface area contributed by atoms with Gasteiger partial charge in [-0.15, -0.1) is 0 Å². The molecular weight excluding hydrogens is 440 g/mol. The molecule has 158 valence electrons. The fourth-order valence-electron chi connectivity index (χ4n) is 5.35. The predicted molar refractivity (Wildman–Crippen MR) is 124 cm³/mol. The van der Waals surface area contributed by atoms with E-state index >= 15 is 0 Å². The molecule has 2 aliphatic carbocycles. The summed E-state index contributed by atoms with van der Waals surface area (Å²) in [4.78, 5) is 17.2. The van der Waals surface area contributed by atoms with E-state index in [1.165, 1.54) is 30.3 Å². The molecule has 2 fully saturated rings. The van der Waals surface area contributed by atoms with Gasteiger partial charge in [-0.05, 0) is 70.3 Å². The minimum absolute atomic E-state index is 0.0772. The molecule has 3 aliphatic rings. The molecule has 1 heterocycles. The molecule has 3 atom stereocenters. The second-order valence-electron chi connectivity index (χ2n) is 9.11. The minimum Gasteiger partial charge on any atom is -0.483 e. The van der Waals surface area contributed by atoms with Crippen LogP contribution >= 0.6 is 15.9 Å². The van der Waals surface area contributed by atoms with E-state index in [1.54, 1.807) is 0 Å². The molecule has 2 aromatic rings. The summed E-state index contributed by atoms with van der Waals surface area (Å²) in [6.07, 6.45) is 7.56. The lowest BCUT2D eigenvalue weighted by molar-refractivity contribution is -0.135. The fraction of sp³-hybridized carbons (Fsp3) is 0.480. The number of rotatable bonds is 5. The summed E-state index contributed by atoms with van der Waals surface area (Å²) < 4.78 is 6.81. The molecule has 30 heavy (non-hydrogen) atoms. The van der Waals surface area contributed by atoms with Crippen LogP contribution in [0.5, 0.6) is 5.75 Å². The van der Waals surface area contributed by atoms with Gasteiger partial charge in [0.15, 0.2) is 6.61 Å². The Kier molecular flexibility index (Phi) is 5.59. The lowest BCUT2D eigenvalue weighted by atomic mass is 9.93. The Bertz CT molecular complexity index is 981. The van der Waals surface area contributed by atoms with Gasteiger partial charge in [0, 0.05) is 32.7 Å². The largest absolute Gasteiger partial charge is 0.483 e. The van der Waals surface area contributed by atoms with Crippen molar-refractivity contribution in [1.82, 2.24) is 9.80 Å². The molecule has 1 saturated carbocycles. The zero-order valence-electron chi connectivity index (χ0n) is 17.5. The number of nitrogens with zero attached hydrogens (tertiary/aromatic N) is 2. The van der Waals surface area contributed by atoms with Crippen molar-refractivity contribution in [2.75, 3.05) is 39.3 Å². The van der Waals surface area contributed by atoms with E-state index in [0.29, 0.717) is 0 Å². The van der Waals surface area contributed by atoms with Gasteiger partial charge in [0.25, 0.3) is 5.91 Å². The van der Waals surface area contributed by atoms with Crippen molar-refractivity contribution in [1.29, 1.82) is 0 Å². The second-order valence-corrected chi connectivity index (χ2v) is 9.91. The second kappa shape index (κ2) is 8.35. The van der Waals surface area contributed by atoms with Crippen LogP contribution in [0.4, 0.5) is 0 Å². The Morgan fingerprint density at radius 2 is 1.93 bits per heavy atom. The van der Waals surface area contributed by atoms with Crippen LogP contribution in [0.25, 0.3) is 10.8 Å². The fourth-order valence-corrected chi connectivity index (χ4v) is 5.96. The van der Waals surface area contributed by atoms with Gasteiger partial charge in [-0.2, -0.15) is 0 Å². The van der Waals surface area contributed by atoms with E-state index in [2.05, 4.69) is 64.2 Å². The molecule has 1 amide bonds. The highest BCUT2D eigenvalue weighted by Gasteiger charge is 2.36. The van der Waals surface area contributed by atoms with Crippen LogP contribution in [0.2, 0.25) is 0 Å². The van der Waals surface area contributed by atoms with Crippen LogP contribution in [0.3, 0.4) is 0 Å². The lowest BCUT2D eigenvalue weighted by Gasteiger charge is -2.36. The van der Waals surface area contributed by atoms with Crippen molar-refractivity contribution < 1.29 is 9.53 Å². The van der Waals surface area contributed by atoms with E-state index < -0.39 is 0 Å². The summed E-state index contributed by atoms with van der Waals surface area (Å²) in [6, 6.07) is 10.3. The number of allylic oxidation sites excluding steroid dienone is 2. The third-order valence-electron chi connectivity index (χ3n) is 7.06. The molecule has 3 unspecified atom stereocenters. The molecule has 0 spiro atoms. The van der Waals surface area contributed by atoms with Crippen LogP contribution in [-0.2, 0) is 4.79 Å². The normalized spacial score (nSPS) is 25.9. The Morgan fingerprint density at radius 3 is 2.67 bits per heavy atom. The number of hydrogen-bond donors (Lipinski definition) is 0. The van der Waals surface area contributed by atoms with Crippen LogP contribution in [0.1, 0.15) is 18.4 Å². The monoisotopic (exact) mass is 468 g/mol. The maximum atomic E-state index is 12.7. The zero-order valence-corrected chi connectivity index (χ0v) is 19.1. The van der Waals surface area contributed by atoms with Gasteiger partial charge in [0.1, 0.15) is 5.75 Å². The maximum Gasteiger partial charge on any atom is 0.260 e. The van der Waals surface area contributed by atoms with Crippen molar-refractivity contribution in [3.8, 4) is 5.75 Å². The third kappa shape index (κ3) is 4.02. The average Bonchev–Trinajstić information content (AvgIpc) is 3.37. The van der Waals surface area contributed by atoms with E-state index in [9.17, 15) is 4.79 Å². The Morgan fingerprint density at radius 1 is 1.10 bits per heavy atom. The molecular formula is C25H29BrN2O2. The van der Waals surface area contributed by atoms with Crippen LogP contribution < -0.4 is 4.74 Å². The molecule has 5 rings (SSSR count). The summed E-state index contributed by atoms with van der Waals surface area (Å²) in [5, 5.41) is 2.28. The topological polar surface area (TPSA) is 32.8 Å². The number of piperazine rings is 1. The molecule has 1 aliphatic heterocycles. The lowest BCUT2D eigenvalue weighted by Crippen LogP contribution is -2.51. The van der Waals surface area contributed by atoms with E-state index in [0.717, 1.165) is 59.5 Å². The third-order valence-corrected chi connectivity index (χ3v) is 7.88. The Labute approximate surface area is 187 Å². The highest BCUT2D eigenvalue weighted by molar-refractivity contribution is 9.10. The summed E-state index contributed by atoms with van der Waals surface area (Å²) in [6.45, 7) is 6.92. The van der Waals surface area contributed by atoms with Crippen molar-refractivity contribution in [3.63, 3.8) is 0 Å². The van der Waals surface area contributed by atoms with E-state index in [1.807, 2.05) is 11.0 Å². The molecule has 2 bridgehead atoms. The highest BCUT2D eigenvalue weighted by atomic mass is 79.9. The van der Waals surface area contributed by atoms with Gasteiger partial charge in [-0.25, -0.2) is 0 Å². The molecule has 2 aromatic carbocycles. The summed E-state index contributed by atoms with van der Waals surface area (Å²) in [5.74, 6) is 3.25. The Hall–Kier alpha value is -1.85. The summed E-state index contributed by atoms with van der Waals surface area (Å²) in [5.41, 5.74) is 1.23. The quantitative estimate of drug-likeness (QED) is 0.598. The number of carbonyl (C=O) groups is 1. The molecule has 0 aromatic heterocycles. The number of amides is 1. The number of ether oxygens (including phenoxy) is 1. The van der Waals surface area contributed by atoms with E-state index in [-0.39, 0.29) is 12.5 Å². The number of carbonyl (C=O) groups excluding carboxylic acids is 1. The first kappa shape index (κ1) is 20.1. The SMILES string of the molecule is Cc1ccc2c(Br)c(OCC(=O)N3CCN(CC4CC5C=CC4C5)CC3)ccc2c1. The minimum atomic E-state index is 0.0772. The number of aryl methyl sites for hydroxylation is 1. The number of hydrogen-bond acceptors (Lipinski definition) is 3. The zero-order chi connectivity index (χ0) is 20.7. The summed E-state index contributed by atoms with van der Waals surface area (Å²) in [7, 11) is 0. The average molecular weight is 469 g/mol. The highest BCUT2D eigenvalue weighted by Crippen LogP contribution is 2.43. The molecule has 1 saturated heterocycles. The molecule has 0 N–H and O–H groups in total. The van der Waals surface area contributed by atoms with Gasteiger partial charge >= 0.3 is 0 Å². The number of halogens is 1. The summed E-state index contributed by atoms with van der Waals surface area (Å²) >= 11 is 3.65. The van der Waals surface area contributed by atoms with Gasteiger partial charge in [0.05, 0.1) is 4.47 Å². The van der Waals surface area contributed by atoms with Gasteiger partial charge in [-0.3, -0.25) is 9.69 Å². The smallest absolute Gasteiger partial charge is 0.260 e. The van der Waals surface area contributed by atoms with Gasteiger partial charge in [-0.1, -0.05) is 42.0 Å². The van der Waals surface area contributed by atoms with E-state index in [4.69, 9.17) is 4.74 Å². The van der Waals surface area contributed by atoms with Crippen molar-refractivity contribution in [3.05, 3.63) is 52.5 Å². The van der Waals surface area contributed by atoms with Crippen LogP contribution in [0.15, 0.2) is 47.0 Å². The van der Waals surface area contributed by atoms with Crippen molar-refractivity contribution >= 4 is 32.6 Å². The first-order valence-corrected chi connectivity index (χ1v) is 11.9. The van der Waals surface area contributed by atoms with Crippen molar-refractivity contribution in [2.45, 2.75) is 19.8 Å². The molecule has 4 nitrogen and oxygen atoms in total. The van der Waals surface area contributed by atoms with Gasteiger partial charge in [0.2, 0.25) is 0 Å². The molecule has 5 heteroatoms. The molecule has 0 radical (unpaired) electrons. The van der Waals surface area contributed by atoms with Gasteiger partial charge < -0.3 is 9.64 Å². The first-order valence-electron chi connectivity index (χ1n) is 11.1. The van der Waals surface area contributed by atoms with Crippen LogP contribution in [-0.4, -0.2) is 55.0 Å². The Balaban J connectivity index is 1.12. The number of fused-ring (bicyclic) bond motifs is 3. The van der Waals surface area contributed by atoms with Crippen LogP contribution in [0, 0.1) is 24.7 Å². The number of benzene rings is 2. The predicted octanol–water partition coefficient (Wildman–Crippen LogP) is 4.65.